The summed E-state index contributed by atoms with van der Waals surface area (Å²) in [5.74, 6) is -3.67. The van der Waals surface area contributed by atoms with Crippen LogP contribution in [0.2, 0.25) is 0 Å². The topological polar surface area (TPSA) is 87.3 Å². The summed E-state index contributed by atoms with van der Waals surface area (Å²) in [6.45, 7) is 1.43. The Labute approximate surface area is 164 Å². The van der Waals surface area contributed by atoms with Gasteiger partial charge in [0.25, 0.3) is 0 Å². The van der Waals surface area contributed by atoms with Crippen molar-refractivity contribution in [3.8, 4) is 0 Å². The fraction of sp³-hybridized carbons (Fsp3) is 0.250. The molecular weight excluding hydrogens is 387 g/mol. The maximum Gasteiger partial charge on any atom is 0.244 e. The highest BCUT2D eigenvalue weighted by Gasteiger charge is 2.27. The lowest BCUT2D eigenvalue weighted by atomic mass is 9.97. The zero-order chi connectivity index (χ0) is 21.1. The van der Waals surface area contributed by atoms with Crippen LogP contribution in [-0.4, -0.2) is 23.8 Å². The monoisotopic (exact) mass is 405 g/mol. The highest BCUT2D eigenvalue weighted by Crippen LogP contribution is 2.22. The summed E-state index contributed by atoms with van der Waals surface area (Å²) >= 11 is 0. The summed E-state index contributed by atoms with van der Waals surface area (Å²) < 4.78 is 39.8. The average Bonchev–Trinajstić information content (AvgIpc) is 2.59. The molecule has 0 saturated carbocycles. The molecule has 1 aliphatic rings. The molecule has 0 radical (unpaired) electrons. The minimum Gasteiger partial charge on any atom is -0.344 e. The summed E-state index contributed by atoms with van der Waals surface area (Å²) in [7, 11) is 0. The van der Waals surface area contributed by atoms with Crippen molar-refractivity contribution < 1.29 is 27.6 Å². The molecule has 29 heavy (non-hydrogen) atoms. The molecule has 1 aliphatic heterocycles. The molecule has 3 N–H and O–H groups in total. The Balaban J connectivity index is 1.62. The van der Waals surface area contributed by atoms with Gasteiger partial charge < -0.3 is 16.0 Å². The minimum atomic E-state index is -0.983. The molecule has 0 bridgehead atoms. The molecule has 3 rings (SSSR count). The van der Waals surface area contributed by atoms with Gasteiger partial charge in [-0.25, -0.2) is 13.2 Å². The third-order valence-electron chi connectivity index (χ3n) is 4.42. The van der Waals surface area contributed by atoms with Crippen molar-refractivity contribution in [2.75, 3.05) is 0 Å². The predicted octanol–water partition coefficient (Wildman–Crippen LogP) is 1.64. The molecule has 9 heteroatoms. The van der Waals surface area contributed by atoms with Gasteiger partial charge in [0.2, 0.25) is 17.7 Å². The van der Waals surface area contributed by atoms with Crippen molar-refractivity contribution in [2.45, 2.75) is 32.0 Å². The maximum atomic E-state index is 13.4. The number of carbonyl (C=O) groups is 3. The van der Waals surface area contributed by atoms with Crippen molar-refractivity contribution in [3.05, 3.63) is 70.5 Å². The highest BCUT2D eigenvalue weighted by molar-refractivity contribution is 5.89. The van der Waals surface area contributed by atoms with Crippen LogP contribution in [0.5, 0.6) is 0 Å². The van der Waals surface area contributed by atoms with Gasteiger partial charge in [0.05, 0.1) is 12.8 Å². The van der Waals surface area contributed by atoms with Crippen LogP contribution in [0.25, 0.3) is 0 Å². The summed E-state index contributed by atoms with van der Waals surface area (Å²) in [5, 5.41) is 7.61. The van der Waals surface area contributed by atoms with Gasteiger partial charge in [-0.15, -0.1) is 0 Å². The SMILES string of the molecule is C[C@H](NC(=O)Cc1cc(F)cc(F)c1)C(=O)NC1NC(=O)Cc2cc(F)ccc21. The quantitative estimate of drug-likeness (QED) is 0.707. The van der Waals surface area contributed by atoms with Crippen LogP contribution in [0, 0.1) is 17.5 Å². The van der Waals surface area contributed by atoms with E-state index in [9.17, 15) is 27.6 Å². The molecule has 0 aromatic heterocycles. The highest BCUT2D eigenvalue weighted by atomic mass is 19.1. The van der Waals surface area contributed by atoms with Gasteiger partial charge in [-0.05, 0) is 47.9 Å². The molecule has 2 aromatic rings. The lowest BCUT2D eigenvalue weighted by molar-refractivity contribution is -0.129. The second-order valence-corrected chi connectivity index (χ2v) is 6.77. The Hall–Kier alpha value is -3.36. The third-order valence-corrected chi connectivity index (χ3v) is 4.42. The number of nitrogens with one attached hydrogen (secondary N) is 3. The van der Waals surface area contributed by atoms with E-state index in [1.807, 2.05) is 0 Å². The number of rotatable bonds is 5. The zero-order valence-electron chi connectivity index (χ0n) is 15.4. The number of amides is 3. The molecule has 152 valence electrons. The third kappa shape index (κ3) is 5.13. The smallest absolute Gasteiger partial charge is 0.244 e. The van der Waals surface area contributed by atoms with Crippen LogP contribution >= 0.6 is 0 Å². The van der Waals surface area contributed by atoms with Gasteiger partial charge >= 0.3 is 0 Å². The second kappa shape index (κ2) is 8.34. The molecule has 6 nitrogen and oxygen atoms in total. The summed E-state index contributed by atoms with van der Waals surface area (Å²) in [6, 6.07) is 5.69. The van der Waals surface area contributed by atoms with E-state index >= 15 is 0 Å². The van der Waals surface area contributed by atoms with Crippen molar-refractivity contribution in [2.24, 2.45) is 0 Å². The van der Waals surface area contributed by atoms with E-state index in [1.54, 1.807) is 0 Å². The van der Waals surface area contributed by atoms with Crippen LogP contribution < -0.4 is 16.0 Å². The molecule has 2 aromatic carbocycles. The van der Waals surface area contributed by atoms with Gasteiger partial charge in [-0.2, -0.15) is 0 Å². The Kier molecular flexibility index (Phi) is 5.86. The Morgan fingerprint density at radius 3 is 2.48 bits per heavy atom. The van der Waals surface area contributed by atoms with Crippen LogP contribution in [0.15, 0.2) is 36.4 Å². The molecular formula is C20H18F3N3O3. The van der Waals surface area contributed by atoms with E-state index in [-0.39, 0.29) is 24.3 Å². The van der Waals surface area contributed by atoms with Crippen LogP contribution in [-0.2, 0) is 27.2 Å². The first-order valence-corrected chi connectivity index (χ1v) is 8.83. The number of benzene rings is 2. The first-order chi connectivity index (χ1) is 13.7. The molecule has 3 amide bonds. The van der Waals surface area contributed by atoms with Crippen LogP contribution in [0.4, 0.5) is 13.2 Å². The number of hydrogen-bond donors (Lipinski definition) is 3. The molecule has 1 unspecified atom stereocenters. The van der Waals surface area contributed by atoms with E-state index < -0.39 is 41.5 Å². The van der Waals surface area contributed by atoms with E-state index in [2.05, 4.69) is 16.0 Å². The van der Waals surface area contributed by atoms with E-state index in [0.29, 0.717) is 17.2 Å². The first-order valence-electron chi connectivity index (χ1n) is 8.83. The van der Waals surface area contributed by atoms with Gasteiger partial charge in [-0.3, -0.25) is 14.4 Å². The van der Waals surface area contributed by atoms with Gasteiger partial charge in [0.1, 0.15) is 29.7 Å². The maximum absolute atomic E-state index is 13.4. The normalized spacial score (nSPS) is 16.4. The van der Waals surface area contributed by atoms with E-state index in [4.69, 9.17) is 0 Å². The van der Waals surface area contributed by atoms with Gasteiger partial charge in [-0.1, -0.05) is 6.07 Å². The fourth-order valence-electron chi connectivity index (χ4n) is 3.11. The lowest BCUT2D eigenvalue weighted by Gasteiger charge is -2.28. The summed E-state index contributed by atoms with van der Waals surface area (Å²) in [6.07, 6.45) is -1.18. The summed E-state index contributed by atoms with van der Waals surface area (Å²) in [5.41, 5.74) is 1.14. The lowest BCUT2D eigenvalue weighted by Crippen LogP contribution is -2.51. The zero-order valence-corrected chi connectivity index (χ0v) is 15.4. The number of hydrogen-bond acceptors (Lipinski definition) is 3. The summed E-state index contributed by atoms with van der Waals surface area (Å²) in [4.78, 5) is 36.3. The molecule has 2 atom stereocenters. The molecule has 1 heterocycles. The van der Waals surface area contributed by atoms with E-state index in [1.165, 1.54) is 25.1 Å². The van der Waals surface area contributed by atoms with Crippen LogP contribution in [0.1, 0.15) is 29.8 Å². The van der Waals surface area contributed by atoms with Crippen molar-refractivity contribution in [1.82, 2.24) is 16.0 Å². The Bertz CT molecular complexity index is 960. The Morgan fingerprint density at radius 1 is 1.10 bits per heavy atom. The molecule has 0 fully saturated rings. The van der Waals surface area contributed by atoms with Crippen molar-refractivity contribution in [1.29, 1.82) is 0 Å². The Morgan fingerprint density at radius 2 is 1.79 bits per heavy atom. The predicted molar refractivity (Wildman–Crippen MR) is 96.8 cm³/mol. The number of halogens is 3. The molecule has 0 aliphatic carbocycles. The van der Waals surface area contributed by atoms with Crippen molar-refractivity contribution >= 4 is 17.7 Å². The molecule has 0 saturated heterocycles. The van der Waals surface area contributed by atoms with E-state index in [0.717, 1.165) is 12.1 Å². The fourth-order valence-corrected chi connectivity index (χ4v) is 3.11. The number of fused-ring (bicyclic) bond motifs is 1. The van der Waals surface area contributed by atoms with Gasteiger partial charge in [0, 0.05) is 6.07 Å². The second-order valence-electron chi connectivity index (χ2n) is 6.77. The van der Waals surface area contributed by atoms with Crippen molar-refractivity contribution in [3.63, 3.8) is 0 Å². The first kappa shape index (κ1) is 20.4. The standard InChI is InChI=1S/C20H18F3N3O3/c1-10(24-17(27)6-11-4-14(22)9-15(23)5-11)20(29)26-19-16-3-2-13(21)7-12(16)8-18(28)25-19/h2-5,7,9-10,19H,6,8H2,1H3,(H,24,27)(H,25,28)(H,26,29)/t10-,19?/m0/s1. The number of carbonyl (C=O) groups excluding carboxylic acids is 3. The minimum absolute atomic E-state index is 0.00402. The van der Waals surface area contributed by atoms with Gasteiger partial charge in [0.15, 0.2) is 0 Å². The molecule has 0 spiro atoms. The largest absolute Gasteiger partial charge is 0.344 e. The average molecular weight is 405 g/mol. The van der Waals surface area contributed by atoms with Crippen LogP contribution in [0.3, 0.4) is 0 Å².